The molecule has 1 aromatic rings. The number of nitrogens with one attached hydrogen (secondary N) is 2. The summed E-state index contributed by atoms with van der Waals surface area (Å²) in [6.45, 7) is 0.510. The Balaban J connectivity index is 1.75. The van der Waals surface area contributed by atoms with E-state index in [4.69, 9.17) is 9.15 Å². The van der Waals surface area contributed by atoms with Gasteiger partial charge < -0.3 is 14.5 Å². The molecular weight excluding hydrogens is 210 g/mol. The van der Waals surface area contributed by atoms with Gasteiger partial charge in [0.2, 0.25) is 0 Å². The minimum atomic E-state index is -0.328. The molecule has 6 heteroatoms. The van der Waals surface area contributed by atoms with E-state index in [1.54, 1.807) is 7.11 Å². The van der Waals surface area contributed by atoms with Gasteiger partial charge in [-0.2, -0.15) is 0 Å². The highest BCUT2D eigenvalue weighted by Crippen LogP contribution is 2.34. The van der Waals surface area contributed by atoms with Crippen LogP contribution in [0.1, 0.15) is 19.3 Å². The average Bonchev–Trinajstić information content (AvgIpc) is 2.69. The van der Waals surface area contributed by atoms with E-state index < -0.39 is 0 Å². The van der Waals surface area contributed by atoms with Crippen LogP contribution in [0.3, 0.4) is 0 Å². The molecule has 1 aromatic heterocycles. The third-order valence-electron chi connectivity index (χ3n) is 2.92. The molecule has 0 aromatic carbocycles. The van der Waals surface area contributed by atoms with Crippen molar-refractivity contribution in [3.05, 3.63) is 12.5 Å². The Morgan fingerprint density at radius 2 is 2.50 bits per heavy atom. The summed E-state index contributed by atoms with van der Waals surface area (Å²) in [5.41, 5.74) is -0.173. The second kappa shape index (κ2) is 4.52. The maximum atomic E-state index is 11.4. The Morgan fingerprint density at radius 1 is 1.69 bits per heavy atom. The summed E-state index contributed by atoms with van der Waals surface area (Å²) in [7, 11) is 1.67. The summed E-state index contributed by atoms with van der Waals surface area (Å²) in [4.78, 5) is 15.2. The molecule has 1 saturated carbocycles. The second-order valence-corrected chi connectivity index (χ2v) is 3.89. The number of hydrogen-bond acceptors (Lipinski definition) is 4. The first kappa shape index (κ1) is 10.9. The van der Waals surface area contributed by atoms with Crippen LogP contribution >= 0.6 is 0 Å². The Morgan fingerprint density at radius 3 is 3.00 bits per heavy atom. The van der Waals surface area contributed by atoms with E-state index in [0.717, 1.165) is 19.3 Å². The number of nitrogens with zero attached hydrogens (tertiary/aromatic N) is 1. The lowest BCUT2D eigenvalue weighted by molar-refractivity contribution is -0.0671. The molecule has 88 valence electrons. The van der Waals surface area contributed by atoms with Crippen molar-refractivity contribution in [2.75, 3.05) is 19.0 Å². The maximum Gasteiger partial charge on any atom is 0.322 e. The molecule has 0 unspecified atom stereocenters. The van der Waals surface area contributed by atoms with Gasteiger partial charge in [-0.25, -0.2) is 9.78 Å². The van der Waals surface area contributed by atoms with E-state index in [2.05, 4.69) is 15.6 Å². The topological polar surface area (TPSA) is 76.4 Å². The second-order valence-electron chi connectivity index (χ2n) is 3.89. The molecule has 2 rings (SSSR count). The molecule has 1 heterocycles. The third kappa shape index (κ3) is 2.33. The van der Waals surface area contributed by atoms with Crippen molar-refractivity contribution >= 4 is 12.0 Å². The molecule has 6 nitrogen and oxygen atoms in total. The molecule has 16 heavy (non-hydrogen) atoms. The minimum Gasteiger partial charge on any atom is -0.432 e. The van der Waals surface area contributed by atoms with Crippen molar-refractivity contribution in [1.29, 1.82) is 0 Å². The minimum absolute atomic E-state index is 0.173. The number of rotatable bonds is 4. The van der Waals surface area contributed by atoms with Crippen LogP contribution in [0.15, 0.2) is 16.9 Å². The molecule has 2 amide bonds. The zero-order chi connectivity index (χ0) is 11.4. The fourth-order valence-electron chi connectivity index (χ4n) is 1.69. The van der Waals surface area contributed by atoms with Gasteiger partial charge in [-0.3, -0.25) is 5.32 Å². The van der Waals surface area contributed by atoms with E-state index >= 15 is 0 Å². The quantitative estimate of drug-likeness (QED) is 0.811. The average molecular weight is 225 g/mol. The Hall–Kier alpha value is -1.56. The number of amides is 2. The van der Waals surface area contributed by atoms with Gasteiger partial charge in [0.25, 0.3) is 0 Å². The van der Waals surface area contributed by atoms with Crippen molar-refractivity contribution in [2.45, 2.75) is 24.9 Å². The standard InChI is InChI=1S/C10H15N3O3/c1-15-10(3-2-4-10)7-12-8(14)13-9-11-5-6-16-9/h5-6H,2-4,7H2,1H3,(H2,11,12,13,14). The molecule has 0 atom stereocenters. The number of methoxy groups -OCH3 is 1. The zero-order valence-corrected chi connectivity index (χ0v) is 9.16. The normalized spacial score (nSPS) is 17.6. The number of ether oxygens (including phenoxy) is 1. The molecule has 1 aliphatic carbocycles. The first-order valence-corrected chi connectivity index (χ1v) is 5.24. The van der Waals surface area contributed by atoms with Crippen molar-refractivity contribution in [3.63, 3.8) is 0 Å². The van der Waals surface area contributed by atoms with Gasteiger partial charge in [0.05, 0.1) is 11.8 Å². The van der Waals surface area contributed by atoms with Crippen LogP contribution in [0.4, 0.5) is 10.8 Å². The fourth-order valence-corrected chi connectivity index (χ4v) is 1.69. The predicted octanol–water partition coefficient (Wildman–Crippen LogP) is 1.37. The number of anilines is 1. The van der Waals surface area contributed by atoms with Crippen LogP contribution in [0.25, 0.3) is 0 Å². The van der Waals surface area contributed by atoms with Crippen LogP contribution in [-0.2, 0) is 4.74 Å². The molecule has 0 saturated heterocycles. The predicted molar refractivity (Wildman–Crippen MR) is 57.1 cm³/mol. The molecule has 1 fully saturated rings. The summed E-state index contributed by atoms with van der Waals surface area (Å²) >= 11 is 0. The highest BCUT2D eigenvalue weighted by molar-refractivity contribution is 5.86. The van der Waals surface area contributed by atoms with Gasteiger partial charge in [0.1, 0.15) is 6.26 Å². The lowest BCUT2D eigenvalue weighted by Gasteiger charge is -2.40. The van der Waals surface area contributed by atoms with Crippen molar-refractivity contribution in [3.8, 4) is 0 Å². The first-order valence-electron chi connectivity index (χ1n) is 5.24. The van der Waals surface area contributed by atoms with Crippen molar-refractivity contribution in [1.82, 2.24) is 10.3 Å². The molecule has 1 aliphatic rings. The van der Waals surface area contributed by atoms with Crippen molar-refractivity contribution in [2.24, 2.45) is 0 Å². The number of carbonyl (C=O) groups is 1. The largest absolute Gasteiger partial charge is 0.432 e. The van der Waals surface area contributed by atoms with Gasteiger partial charge in [0.15, 0.2) is 0 Å². The molecule has 0 aliphatic heterocycles. The van der Waals surface area contributed by atoms with E-state index in [0.29, 0.717) is 6.54 Å². The monoisotopic (exact) mass is 225 g/mol. The summed E-state index contributed by atoms with van der Waals surface area (Å²) < 4.78 is 10.3. The number of aromatic nitrogens is 1. The van der Waals surface area contributed by atoms with E-state index in [1.807, 2.05) is 0 Å². The zero-order valence-electron chi connectivity index (χ0n) is 9.16. The number of carbonyl (C=O) groups excluding carboxylic acids is 1. The third-order valence-corrected chi connectivity index (χ3v) is 2.92. The van der Waals surface area contributed by atoms with Gasteiger partial charge in [-0.05, 0) is 19.3 Å². The number of oxazole rings is 1. The molecule has 2 N–H and O–H groups in total. The Labute approximate surface area is 93.4 Å². The highest BCUT2D eigenvalue weighted by Gasteiger charge is 2.37. The van der Waals surface area contributed by atoms with Gasteiger partial charge >= 0.3 is 12.0 Å². The van der Waals surface area contributed by atoms with Gasteiger partial charge in [0, 0.05) is 13.7 Å². The van der Waals surface area contributed by atoms with Gasteiger partial charge in [-0.15, -0.1) is 0 Å². The van der Waals surface area contributed by atoms with Crippen LogP contribution in [0.5, 0.6) is 0 Å². The highest BCUT2D eigenvalue weighted by atomic mass is 16.5. The fraction of sp³-hybridized carbons (Fsp3) is 0.600. The number of hydrogen-bond donors (Lipinski definition) is 2. The Kier molecular flexibility index (Phi) is 3.09. The van der Waals surface area contributed by atoms with E-state index in [9.17, 15) is 4.79 Å². The Bertz CT molecular complexity index is 341. The molecule has 0 bridgehead atoms. The number of urea groups is 1. The van der Waals surface area contributed by atoms with Crippen LogP contribution in [0, 0.1) is 0 Å². The summed E-state index contributed by atoms with van der Waals surface area (Å²) in [5, 5.41) is 5.22. The lowest BCUT2D eigenvalue weighted by atomic mass is 9.80. The molecular formula is C10H15N3O3. The van der Waals surface area contributed by atoms with Crippen LogP contribution < -0.4 is 10.6 Å². The molecule has 0 radical (unpaired) electrons. The first-order chi connectivity index (χ1) is 7.74. The smallest absolute Gasteiger partial charge is 0.322 e. The molecule has 0 spiro atoms. The van der Waals surface area contributed by atoms with Crippen molar-refractivity contribution < 1.29 is 13.9 Å². The van der Waals surface area contributed by atoms with E-state index in [1.165, 1.54) is 12.5 Å². The van der Waals surface area contributed by atoms with E-state index in [-0.39, 0.29) is 17.6 Å². The summed E-state index contributed by atoms with van der Waals surface area (Å²) in [6, 6.07) is -0.136. The van der Waals surface area contributed by atoms with Crippen LogP contribution in [0.2, 0.25) is 0 Å². The lowest BCUT2D eigenvalue weighted by Crippen LogP contribution is -2.50. The SMILES string of the molecule is COC1(CNC(=O)Nc2ncco2)CCC1. The maximum absolute atomic E-state index is 11.4. The van der Waals surface area contributed by atoms with Gasteiger partial charge in [-0.1, -0.05) is 0 Å². The summed E-state index contributed by atoms with van der Waals surface area (Å²) in [6.07, 6.45) is 6.00. The van der Waals surface area contributed by atoms with Crippen LogP contribution in [-0.4, -0.2) is 30.3 Å². The summed E-state index contributed by atoms with van der Waals surface area (Å²) in [5.74, 6) is 0.